The predicted molar refractivity (Wildman–Crippen MR) is 80.9 cm³/mol. The van der Waals surface area contributed by atoms with Crippen LogP contribution in [0.1, 0.15) is 32.4 Å². The number of hydrogen-bond acceptors (Lipinski definition) is 5. The zero-order valence-electron chi connectivity index (χ0n) is 13.4. The van der Waals surface area contributed by atoms with E-state index in [1.807, 2.05) is 32.0 Å². The van der Waals surface area contributed by atoms with Crippen molar-refractivity contribution in [3.05, 3.63) is 23.8 Å². The predicted octanol–water partition coefficient (Wildman–Crippen LogP) is 2.51. The van der Waals surface area contributed by atoms with Gasteiger partial charge in [0, 0.05) is 11.6 Å². The van der Waals surface area contributed by atoms with Crippen molar-refractivity contribution in [2.75, 3.05) is 27.4 Å². The van der Waals surface area contributed by atoms with Gasteiger partial charge in [-0.1, -0.05) is 0 Å². The molecule has 0 radical (unpaired) electrons. The average Bonchev–Trinajstić information content (AvgIpc) is 2.48. The summed E-state index contributed by atoms with van der Waals surface area (Å²) in [5.74, 6) is 1.17. The van der Waals surface area contributed by atoms with E-state index in [1.54, 1.807) is 14.2 Å². The second kappa shape index (κ2) is 6.64. The number of methoxy groups -OCH3 is 2. The molecule has 1 aliphatic heterocycles. The second-order valence-corrected chi connectivity index (χ2v) is 5.71. The van der Waals surface area contributed by atoms with Gasteiger partial charge in [-0.2, -0.15) is 0 Å². The van der Waals surface area contributed by atoms with Crippen molar-refractivity contribution in [3.63, 3.8) is 0 Å². The fourth-order valence-electron chi connectivity index (χ4n) is 2.41. The Morgan fingerprint density at radius 2 is 1.86 bits per heavy atom. The summed E-state index contributed by atoms with van der Waals surface area (Å²) in [6.45, 7) is 7.21. The number of hydrogen-bond donors (Lipinski definition) is 1. The molecule has 5 heteroatoms. The number of benzene rings is 1. The van der Waals surface area contributed by atoms with E-state index >= 15 is 0 Å². The highest BCUT2D eigenvalue weighted by molar-refractivity contribution is 5.42. The van der Waals surface area contributed by atoms with Crippen LogP contribution in [0.4, 0.5) is 0 Å². The molecule has 0 spiro atoms. The molecule has 1 fully saturated rings. The molecule has 0 amide bonds. The lowest BCUT2D eigenvalue weighted by Gasteiger charge is -2.36. The normalized spacial score (nSPS) is 20.0. The highest BCUT2D eigenvalue weighted by Crippen LogP contribution is 2.30. The van der Waals surface area contributed by atoms with E-state index in [4.69, 9.17) is 18.9 Å². The minimum absolute atomic E-state index is 0.105. The maximum Gasteiger partial charge on any atom is 0.162 e. The molecule has 1 heterocycles. The summed E-state index contributed by atoms with van der Waals surface area (Å²) in [4.78, 5) is 0. The first kappa shape index (κ1) is 16.1. The Labute approximate surface area is 126 Å². The summed E-state index contributed by atoms with van der Waals surface area (Å²) in [5, 5.41) is 3.51. The van der Waals surface area contributed by atoms with Crippen LogP contribution < -0.4 is 14.8 Å². The van der Waals surface area contributed by atoms with Crippen LogP contribution in [-0.4, -0.2) is 39.3 Å². The first-order valence-electron chi connectivity index (χ1n) is 7.21. The molecule has 0 saturated carbocycles. The maximum absolute atomic E-state index is 5.68. The van der Waals surface area contributed by atoms with Crippen LogP contribution in [0.2, 0.25) is 0 Å². The van der Waals surface area contributed by atoms with Gasteiger partial charge >= 0.3 is 0 Å². The fraction of sp³-hybridized carbons (Fsp3) is 0.625. The Morgan fingerprint density at radius 3 is 2.43 bits per heavy atom. The second-order valence-electron chi connectivity index (χ2n) is 5.71. The molecule has 1 atom stereocenters. The molecule has 1 aromatic carbocycles. The van der Waals surface area contributed by atoms with Crippen LogP contribution in [0.15, 0.2) is 18.2 Å². The third-order valence-corrected chi connectivity index (χ3v) is 3.65. The fourth-order valence-corrected chi connectivity index (χ4v) is 2.41. The first-order chi connectivity index (χ1) is 9.95. The molecule has 0 bridgehead atoms. The van der Waals surface area contributed by atoms with E-state index < -0.39 is 5.79 Å². The Morgan fingerprint density at radius 1 is 1.19 bits per heavy atom. The van der Waals surface area contributed by atoms with Gasteiger partial charge in [-0.25, -0.2) is 0 Å². The topological polar surface area (TPSA) is 49.0 Å². The van der Waals surface area contributed by atoms with Gasteiger partial charge in [0.2, 0.25) is 0 Å². The quantitative estimate of drug-likeness (QED) is 0.904. The third-order valence-electron chi connectivity index (χ3n) is 3.65. The summed E-state index contributed by atoms with van der Waals surface area (Å²) in [7, 11) is 3.34. The summed E-state index contributed by atoms with van der Waals surface area (Å²) < 4.78 is 22.1. The summed E-state index contributed by atoms with van der Waals surface area (Å²) in [6.07, 6.45) is 0. The number of nitrogens with one attached hydrogen (secondary N) is 1. The van der Waals surface area contributed by atoms with Gasteiger partial charge in [0.05, 0.1) is 33.5 Å². The van der Waals surface area contributed by atoms with Crippen molar-refractivity contribution in [2.45, 2.75) is 38.6 Å². The van der Waals surface area contributed by atoms with Gasteiger partial charge in [-0.15, -0.1) is 0 Å². The Kier molecular flexibility index (Phi) is 5.08. The lowest BCUT2D eigenvalue weighted by Crippen LogP contribution is -2.49. The van der Waals surface area contributed by atoms with Gasteiger partial charge in [0.1, 0.15) is 11.5 Å². The molecular weight excluding hydrogens is 270 g/mol. The molecule has 2 rings (SSSR count). The Bertz CT molecular complexity index is 465. The van der Waals surface area contributed by atoms with Crippen LogP contribution in [-0.2, 0) is 9.47 Å². The van der Waals surface area contributed by atoms with Gasteiger partial charge in [-0.3, -0.25) is 0 Å². The van der Waals surface area contributed by atoms with Gasteiger partial charge in [-0.05, 0) is 39.0 Å². The first-order valence-corrected chi connectivity index (χ1v) is 7.21. The molecule has 1 saturated heterocycles. The third kappa shape index (κ3) is 4.09. The average molecular weight is 295 g/mol. The molecule has 0 aliphatic carbocycles. The van der Waals surface area contributed by atoms with Crippen molar-refractivity contribution >= 4 is 0 Å². The number of rotatable bonds is 5. The van der Waals surface area contributed by atoms with E-state index in [2.05, 4.69) is 12.2 Å². The van der Waals surface area contributed by atoms with Crippen molar-refractivity contribution in [1.82, 2.24) is 5.32 Å². The van der Waals surface area contributed by atoms with E-state index in [0.29, 0.717) is 13.2 Å². The van der Waals surface area contributed by atoms with E-state index in [0.717, 1.165) is 17.1 Å². The van der Waals surface area contributed by atoms with Gasteiger partial charge < -0.3 is 24.3 Å². The van der Waals surface area contributed by atoms with Crippen LogP contribution >= 0.6 is 0 Å². The standard InChI is InChI=1S/C16H25NO4/c1-11(17-12-9-20-16(2,3)21-10-12)14-8-13(18-4)6-7-15(14)19-5/h6-8,11-12,17H,9-10H2,1-5H3. The van der Waals surface area contributed by atoms with E-state index in [9.17, 15) is 0 Å². The molecule has 5 nitrogen and oxygen atoms in total. The highest BCUT2D eigenvalue weighted by Gasteiger charge is 2.29. The molecule has 1 N–H and O–H groups in total. The SMILES string of the molecule is COc1ccc(OC)c(C(C)NC2COC(C)(C)OC2)c1. The highest BCUT2D eigenvalue weighted by atomic mass is 16.7. The maximum atomic E-state index is 5.68. The minimum atomic E-state index is -0.491. The zero-order valence-corrected chi connectivity index (χ0v) is 13.4. The van der Waals surface area contributed by atoms with Crippen LogP contribution in [0.5, 0.6) is 11.5 Å². The lowest BCUT2D eigenvalue weighted by atomic mass is 10.1. The summed E-state index contributed by atoms with van der Waals surface area (Å²) >= 11 is 0. The Balaban J connectivity index is 2.04. The van der Waals surface area contributed by atoms with Crippen molar-refractivity contribution in [3.8, 4) is 11.5 Å². The van der Waals surface area contributed by atoms with Crippen molar-refractivity contribution in [1.29, 1.82) is 0 Å². The monoisotopic (exact) mass is 295 g/mol. The van der Waals surface area contributed by atoms with Crippen LogP contribution in [0.3, 0.4) is 0 Å². The molecule has 21 heavy (non-hydrogen) atoms. The van der Waals surface area contributed by atoms with Gasteiger partial charge in [0.25, 0.3) is 0 Å². The molecule has 1 unspecified atom stereocenters. The smallest absolute Gasteiger partial charge is 0.162 e. The zero-order chi connectivity index (χ0) is 15.5. The summed E-state index contributed by atoms with van der Waals surface area (Å²) in [5.41, 5.74) is 1.06. The molecule has 118 valence electrons. The summed E-state index contributed by atoms with van der Waals surface area (Å²) in [6, 6.07) is 6.07. The van der Waals surface area contributed by atoms with E-state index in [-0.39, 0.29) is 12.1 Å². The molecular formula is C16H25NO4. The largest absolute Gasteiger partial charge is 0.497 e. The minimum Gasteiger partial charge on any atom is -0.497 e. The molecule has 1 aliphatic rings. The number of ether oxygens (including phenoxy) is 4. The Hall–Kier alpha value is -1.30. The van der Waals surface area contributed by atoms with Crippen LogP contribution in [0.25, 0.3) is 0 Å². The molecule has 0 aromatic heterocycles. The van der Waals surface area contributed by atoms with Crippen LogP contribution in [0, 0.1) is 0 Å². The van der Waals surface area contributed by atoms with Crippen molar-refractivity contribution in [2.24, 2.45) is 0 Å². The van der Waals surface area contributed by atoms with E-state index in [1.165, 1.54) is 0 Å². The lowest BCUT2D eigenvalue weighted by molar-refractivity contribution is -0.253. The van der Waals surface area contributed by atoms with Gasteiger partial charge in [0.15, 0.2) is 5.79 Å². The van der Waals surface area contributed by atoms with Crippen molar-refractivity contribution < 1.29 is 18.9 Å². The molecule has 1 aromatic rings.